The van der Waals surface area contributed by atoms with Crippen molar-refractivity contribution in [2.75, 3.05) is 5.32 Å². The van der Waals surface area contributed by atoms with Gasteiger partial charge in [0.2, 0.25) is 11.8 Å². The number of nitrogens with zero attached hydrogens (tertiary/aromatic N) is 1. The topological polar surface area (TPSA) is 71.1 Å². The van der Waals surface area contributed by atoms with E-state index >= 15 is 0 Å². The fourth-order valence-electron chi connectivity index (χ4n) is 2.91. The van der Waals surface area contributed by atoms with Crippen LogP contribution in [0, 0.1) is 0 Å². The van der Waals surface area contributed by atoms with E-state index < -0.39 is 0 Å². The first-order valence-electron chi connectivity index (χ1n) is 9.22. The second-order valence-corrected chi connectivity index (χ2v) is 7.36. The van der Waals surface area contributed by atoms with Crippen LogP contribution >= 0.6 is 11.3 Å². The number of hydrogen-bond acceptors (Lipinski definition) is 4. The summed E-state index contributed by atoms with van der Waals surface area (Å²) in [6.07, 6.45) is 1.14. The van der Waals surface area contributed by atoms with Crippen LogP contribution in [-0.2, 0) is 16.0 Å². The van der Waals surface area contributed by atoms with E-state index in [-0.39, 0.29) is 24.3 Å². The molecule has 0 aliphatic heterocycles. The summed E-state index contributed by atoms with van der Waals surface area (Å²) in [5, 5.41) is 8.16. The molecule has 5 nitrogen and oxygen atoms in total. The zero-order valence-corrected chi connectivity index (χ0v) is 16.8. The van der Waals surface area contributed by atoms with Crippen LogP contribution < -0.4 is 10.6 Å². The number of benzene rings is 2. The molecule has 0 saturated carbocycles. The lowest BCUT2D eigenvalue weighted by Gasteiger charge is -2.17. The number of aromatic nitrogens is 1. The lowest BCUT2D eigenvalue weighted by atomic mass is 10.0. The van der Waals surface area contributed by atoms with Gasteiger partial charge in [0.05, 0.1) is 18.2 Å². The number of amides is 2. The van der Waals surface area contributed by atoms with Crippen LogP contribution in [0.15, 0.2) is 60.0 Å². The molecule has 1 aromatic heterocycles. The van der Waals surface area contributed by atoms with Crippen molar-refractivity contribution in [1.82, 2.24) is 10.3 Å². The van der Waals surface area contributed by atoms with Crippen LogP contribution in [0.5, 0.6) is 0 Å². The van der Waals surface area contributed by atoms with Crippen molar-refractivity contribution in [2.24, 2.45) is 0 Å². The highest BCUT2D eigenvalue weighted by molar-refractivity contribution is 7.14. The molecule has 0 radical (unpaired) electrons. The van der Waals surface area contributed by atoms with E-state index in [9.17, 15) is 9.59 Å². The van der Waals surface area contributed by atoms with Gasteiger partial charge in [0.1, 0.15) is 0 Å². The molecule has 0 fully saturated rings. The van der Waals surface area contributed by atoms with E-state index in [1.807, 2.05) is 47.8 Å². The van der Waals surface area contributed by atoms with Crippen LogP contribution in [0.1, 0.15) is 37.4 Å². The summed E-state index contributed by atoms with van der Waals surface area (Å²) in [5.74, 6) is -0.362. The predicted molar refractivity (Wildman–Crippen MR) is 113 cm³/mol. The predicted octanol–water partition coefficient (Wildman–Crippen LogP) is 4.58. The number of rotatable bonds is 7. The summed E-state index contributed by atoms with van der Waals surface area (Å²) in [6, 6.07) is 17.4. The largest absolute Gasteiger partial charge is 0.349 e. The molecule has 1 atom stereocenters. The van der Waals surface area contributed by atoms with E-state index in [0.717, 1.165) is 23.2 Å². The summed E-state index contributed by atoms with van der Waals surface area (Å²) in [4.78, 5) is 28.5. The highest BCUT2D eigenvalue weighted by Gasteiger charge is 2.18. The van der Waals surface area contributed by atoms with Gasteiger partial charge in [-0.3, -0.25) is 9.59 Å². The second-order valence-electron chi connectivity index (χ2n) is 6.50. The molecule has 2 amide bonds. The zero-order valence-electron chi connectivity index (χ0n) is 15.9. The molecular formula is C22H23N3O2S. The maximum atomic E-state index is 12.5. The second kappa shape index (κ2) is 9.28. The molecule has 0 saturated heterocycles. The number of carbonyl (C=O) groups excluding carboxylic acids is 2. The number of aryl methyl sites for hydroxylation is 1. The Kier molecular flexibility index (Phi) is 6.55. The third-order valence-corrected chi connectivity index (χ3v) is 5.14. The van der Waals surface area contributed by atoms with Gasteiger partial charge in [0, 0.05) is 17.9 Å². The van der Waals surface area contributed by atoms with Crippen molar-refractivity contribution >= 4 is 28.3 Å². The Morgan fingerprint density at radius 2 is 1.79 bits per heavy atom. The molecule has 3 rings (SSSR count). The van der Waals surface area contributed by atoms with Gasteiger partial charge in [0.25, 0.3) is 0 Å². The summed E-state index contributed by atoms with van der Waals surface area (Å²) in [6.45, 7) is 3.57. The van der Waals surface area contributed by atoms with E-state index in [1.54, 1.807) is 0 Å². The first-order valence-corrected chi connectivity index (χ1v) is 10.1. The number of anilines is 1. The highest BCUT2D eigenvalue weighted by atomic mass is 32.1. The van der Waals surface area contributed by atoms with E-state index in [0.29, 0.717) is 5.13 Å². The quantitative estimate of drug-likeness (QED) is 0.617. The Morgan fingerprint density at radius 3 is 2.43 bits per heavy atom. The van der Waals surface area contributed by atoms with Crippen molar-refractivity contribution in [3.8, 4) is 11.3 Å². The summed E-state index contributed by atoms with van der Waals surface area (Å²) < 4.78 is 0. The molecule has 2 aromatic carbocycles. The number of carbonyl (C=O) groups is 2. The average Bonchev–Trinajstić information content (AvgIpc) is 3.16. The van der Waals surface area contributed by atoms with Gasteiger partial charge in [-0.05, 0) is 17.5 Å². The fraction of sp³-hybridized carbons (Fsp3) is 0.227. The molecule has 0 spiro atoms. The summed E-state index contributed by atoms with van der Waals surface area (Å²) >= 11 is 1.39. The lowest BCUT2D eigenvalue weighted by Crippen LogP contribution is -2.29. The third kappa shape index (κ3) is 5.27. The monoisotopic (exact) mass is 393 g/mol. The summed E-state index contributed by atoms with van der Waals surface area (Å²) in [5.41, 5.74) is 4.03. The molecule has 1 heterocycles. The molecule has 0 bridgehead atoms. The average molecular weight is 394 g/mol. The van der Waals surface area contributed by atoms with Crippen LogP contribution in [-0.4, -0.2) is 16.8 Å². The van der Waals surface area contributed by atoms with Crippen LogP contribution in [0.4, 0.5) is 5.13 Å². The molecule has 0 aliphatic carbocycles. The molecular weight excluding hydrogens is 370 g/mol. The first kappa shape index (κ1) is 19.8. The van der Waals surface area contributed by atoms with Crippen molar-refractivity contribution in [2.45, 2.75) is 32.7 Å². The van der Waals surface area contributed by atoms with Crippen LogP contribution in [0.25, 0.3) is 11.3 Å². The van der Waals surface area contributed by atoms with E-state index in [4.69, 9.17) is 0 Å². The van der Waals surface area contributed by atoms with Crippen LogP contribution in [0.3, 0.4) is 0 Å². The number of nitrogens with one attached hydrogen (secondary N) is 2. The number of hydrogen-bond donors (Lipinski definition) is 2. The fourth-order valence-corrected chi connectivity index (χ4v) is 3.65. The minimum Gasteiger partial charge on any atom is -0.349 e. The van der Waals surface area contributed by atoms with Gasteiger partial charge in [-0.1, -0.05) is 61.5 Å². The van der Waals surface area contributed by atoms with Gasteiger partial charge < -0.3 is 10.6 Å². The maximum Gasteiger partial charge on any atom is 0.228 e. The minimum atomic E-state index is -0.375. The van der Waals surface area contributed by atoms with Crippen molar-refractivity contribution in [1.29, 1.82) is 0 Å². The molecule has 28 heavy (non-hydrogen) atoms. The summed E-state index contributed by atoms with van der Waals surface area (Å²) in [7, 11) is 0. The van der Waals surface area contributed by atoms with Crippen molar-refractivity contribution in [3.63, 3.8) is 0 Å². The van der Waals surface area contributed by atoms with Gasteiger partial charge in [0.15, 0.2) is 5.13 Å². The van der Waals surface area contributed by atoms with Crippen molar-refractivity contribution < 1.29 is 9.59 Å². The Hall–Kier alpha value is -2.99. The normalized spacial score (nSPS) is 11.6. The molecule has 2 N–H and O–H groups in total. The standard InChI is InChI=1S/C22H23N3O2S/c1-3-16-9-11-18(12-10-16)20-14-28-22(24-20)25-21(27)13-19(23-15(2)26)17-7-5-4-6-8-17/h4-12,14,19H,3,13H2,1-2H3,(H,23,26)(H,24,25,27). The Morgan fingerprint density at radius 1 is 1.07 bits per heavy atom. The Bertz CT molecular complexity index is 936. The molecule has 144 valence electrons. The smallest absolute Gasteiger partial charge is 0.228 e. The van der Waals surface area contributed by atoms with Gasteiger partial charge in [-0.2, -0.15) is 0 Å². The Balaban J connectivity index is 1.66. The highest BCUT2D eigenvalue weighted by Crippen LogP contribution is 2.26. The lowest BCUT2D eigenvalue weighted by molar-refractivity contribution is -0.120. The zero-order chi connectivity index (χ0) is 19.9. The molecule has 3 aromatic rings. The van der Waals surface area contributed by atoms with Gasteiger partial charge in [-0.15, -0.1) is 11.3 Å². The van der Waals surface area contributed by atoms with Gasteiger partial charge in [-0.25, -0.2) is 4.98 Å². The molecule has 6 heteroatoms. The SMILES string of the molecule is CCc1ccc(-c2csc(NC(=O)CC(NC(C)=O)c3ccccc3)n2)cc1. The maximum absolute atomic E-state index is 12.5. The third-order valence-electron chi connectivity index (χ3n) is 4.38. The molecule has 0 aliphatic rings. The first-order chi connectivity index (χ1) is 13.5. The Labute approximate surface area is 168 Å². The van der Waals surface area contributed by atoms with E-state index in [1.165, 1.54) is 23.8 Å². The number of thiazole rings is 1. The van der Waals surface area contributed by atoms with Crippen LogP contribution in [0.2, 0.25) is 0 Å². The molecule has 1 unspecified atom stereocenters. The van der Waals surface area contributed by atoms with Crippen molar-refractivity contribution in [3.05, 3.63) is 71.1 Å². The minimum absolute atomic E-state index is 0.143. The van der Waals surface area contributed by atoms with E-state index in [2.05, 4.69) is 34.7 Å². The van der Waals surface area contributed by atoms with Gasteiger partial charge >= 0.3 is 0 Å².